The first-order valence-electron chi connectivity index (χ1n) is 9.85. The van der Waals surface area contributed by atoms with Crippen LogP contribution in [-0.4, -0.2) is 29.2 Å². The summed E-state index contributed by atoms with van der Waals surface area (Å²) in [6.45, 7) is 3.99. The van der Waals surface area contributed by atoms with Gasteiger partial charge in [0.15, 0.2) is 11.5 Å². The van der Waals surface area contributed by atoms with E-state index in [1.165, 1.54) is 7.11 Å². The third-order valence-electron chi connectivity index (χ3n) is 4.97. The number of imidazole rings is 1. The summed E-state index contributed by atoms with van der Waals surface area (Å²) < 4.78 is 12.9. The Morgan fingerprint density at radius 1 is 1.10 bits per heavy atom. The number of aryl methyl sites for hydroxylation is 1. The molecule has 1 heterocycles. The van der Waals surface area contributed by atoms with Gasteiger partial charge in [-0.05, 0) is 54.6 Å². The molecule has 0 saturated carbocycles. The number of nitrogens with one attached hydrogen (secondary N) is 1. The Kier molecular flexibility index (Phi) is 5.71. The van der Waals surface area contributed by atoms with Gasteiger partial charge in [0, 0.05) is 23.9 Å². The molecule has 0 saturated heterocycles. The summed E-state index contributed by atoms with van der Waals surface area (Å²) in [6.07, 6.45) is 1.65. The number of amides is 1. The van der Waals surface area contributed by atoms with Gasteiger partial charge in [-0.1, -0.05) is 24.8 Å². The molecular weight excluding hydrogens is 390 g/mol. The monoisotopic (exact) mass is 413 g/mol. The maximum absolute atomic E-state index is 12.7. The van der Waals surface area contributed by atoms with Crippen molar-refractivity contribution in [2.75, 3.05) is 19.0 Å². The molecule has 4 aromatic rings. The second-order valence-corrected chi connectivity index (χ2v) is 6.98. The Hall–Kier alpha value is -4.06. The van der Waals surface area contributed by atoms with Crippen molar-refractivity contribution in [3.63, 3.8) is 0 Å². The Bertz CT molecular complexity index is 1240. The molecule has 1 N–H and O–H groups in total. The van der Waals surface area contributed by atoms with Gasteiger partial charge < -0.3 is 19.4 Å². The molecule has 31 heavy (non-hydrogen) atoms. The third-order valence-corrected chi connectivity index (χ3v) is 4.97. The van der Waals surface area contributed by atoms with E-state index >= 15 is 0 Å². The van der Waals surface area contributed by atoms with Crippen molar-refractivity contribution in [1.82, 2.24) is 9.55 Å². The number of aromatic nitrogens is 2. The van der Waals surface area contributed by atoms with Gasteiger partial charge >= 0.3 is 0 Å². The first kappa shape index (κ1) is 20.2. The molecule has 156 valence electrons. The fraction of sp³-hybridized carbons (Fsp3) is 0.120. The lowest BCUT2D eigenvalue weighted by Gasteiger charge is -2.11. The first-order chi connectivity index (χ1) is 15.1. The van der Waals surface area contributed by atoms with Crippen molar-refractivity contribution in [1.29, 1.82) is 0 Å². The normalized spacial score (nSPS) is 10.6. The van der Waals surface area contributed by atoms with E-state index in [-0.39, 0.29) is 5.91 Å². The number of fused-ring (bicyclic) bond motifs is 1. The minimum atomic E-state index is -0.232. The van der Waals surface area contributed by atoms with Crippen LogP contribution < -0.4 is 14.8 Å². The average Bonchev–Trinajstić information content (AvgIpc) is 3.14. The topological polar surface area (TPSA) is 65.4 Å². The van der Waals surface area contributed by atoms with Crippen LogP contribution in [0.1, 0.15) is 10.4 Å². The van der Waals surface area contributed by atoms with E-state index in [2.05, 4.69) is 16.5 Å². The Morgan fingerprint density at radius 2 is 1.87 bits per heavy atom. The number of para-hydroxylation sites is 2. The highest BCUT2D eigenvalue weighted by Gasteiger charge is 2.13. The minimum Gasteiger partial charge on any atom is -0.493 e. The van der Waals surface area contributed by atoms with Gasteiger partial charge in [0.1, 0.15) is 12.4 Å². The number of methoxy groups -OCH3 is 1. The number of hydrogen-bond acceptors (Lipinski definition) is 4. The number of nitrogens with zero attached hydrogens (tertiary/aromatic N) is 2. The number of benzene rings is 3. The zero-order valence-corrected chi connectivity index (χ0v) is 17.5. The summed E-state index contributed by atoms with van der Waals surface area (Å²) in [5, 5.41) is 2.91. The van der Waals surface area contributed by atoms with Gasteiger partial charge in [-0.15, -0.1) is 0 Å². The molecule has 0 fully saturated rings. The number of rotatable bonds is 7. The molecule has 6 nitrogen and oxygen atoms in total. The maximum atomic E-state index is 12.7. The summed E-state index contributed by atoms with van der Waals surface area (Å²) in [7, 11) is 3.54. The molecule has 3 aromatic carbocycles. The van der Waals surface area contributed by atoms with E-state index in [0.717, 1.165) is 22.4 Å². The highest BCUT2D eigenvalue weighted by atomic mass is 16.5. The van der Waals surface area contributed by atoms with Crippen LogP contribution in [0.5, 0.6) is 11.5 Å². The second kappa shape index (κ2) is 8.75. The molecule has 4 rings (SSSR count). The molecule has 1 aromatic heterocycles. The van der Waals surface area contributed by atoms with E-state index in [0.29, 0.717) is 29.4 Å². The molecule has 0 radical (unpaired) electrons. The van der Waals surface area contributed by atoms with Crippen LogP contribution in [0, 0.1) is 0 Å². The number of hydrogen-bond donors (Lipinski definition) is 1. The van der Waals surface area contributed by atoms with Gasteiger partial charge in [0.25, 0.3) is 5.91 Å². The highest BCUT2D eigenvalue weighted by Crippen LogP contribution is 2.29. The summed E-state index contributed by atoms with van der Waals surface area (Å²) in [4.78, 5) is 17.4. The largest absolute Gasteiger partial charge is 0.493 e. The van der Waals surface area contributed by atoms with Crippen molar-refractivity contribution in [3.8, 4) is 22.9 Å². The molecular formula is C25H23N3O3. The van der Waals surface area contributed by atoms with Gasteiger partial charge in [-0.3, -0.25) is 4.79 Å². The number of anilines is 1. The molecule has 0 atom stereocenters. The van der Waals surface area contributed by atoms with Gasteiger partial charge in [-0.2, -0.15) is 0 Å². The zero-order chi connectivity index (χ0) is 21.8. The number of carbonyl (C=O) groups excluding carboxylic acids is 1. The summed E-state index contributed by atoms with van der Waals surface area (Å²) in [5.41, 5.74) is 4.17. The molecule has 6 heteroatoms. The lowest BCUT2D eigenvalue weighted by Crippen LogP contribution is -2.12. The molecule has 0 unspecified atom stereocenters. The quantitative estimate of drug-likeness (QED) is 0.430. The molecule has 0 aliphatic rings. The van der Waals surface area contributed by atoms with Crippen molar-refractivity contribution in [2.24, 2.45) is 7.05 Å². The van der Waals surface area contributed by atoms with E-state index in [1.807, 2.05) is 55.6 Å². The van der Waals surface area contributed by atoms with Crippen molar-refractivity contribution >= 4 is 22.6 Å². The van der Waals surface area contributed by atoms with Gasteiger partial charge in [0.2, 0.25) is 0 Å². The molecule has 0 aliphatic carbocycles. The summed E-state index contributed by atoms with van der Waals surface area (Å²) >= 11 is 0. The van der Waals surface area contributed by atoms with Crippen LogP contribution in [0.25, 0.3) is 22.4 Å². The fourth-order valence-corrected chi connectivity index (χ4v) is 3.39. The smallest absolute Gasteiger partial charge is 0.255 e. The second-order valence-electron chi connectivity index (χ2n) is 6.98. The summed E-state index contributed by atoms with van der Waals surface area (Å²) in [6, 6.07) is 20.7. The van der Waals surface area contributed by atoms with E-state index in [1.54, 1.807) is 24.3 Å². The Balaban J connectivity index is 1.51. The predicted octanol–water partition coefficient (Wildman–Crippen LogP) is 5.07. The molecule has 0 bridgehead atoms. The van der Waals surface area contributed by atoms with Crippen molar-refractivity contribution in [2.45, 2.75) is 0 Å². The van der Waals surface area contributed by atoms with E-state index in [4.69, 9.17) is 14.5 Å². The maximum Gasteiger partial charge on any atom is 0.255 e. The van der Waals surface area contributed by atoms with Crippen LogP contribution in [-0.2, 0) is 7.05 Å². The SMILES string of the molecule is C=CCOc1ccc(C(=O)Nc2ccc(-c3nc4ccccc4n3C)cc2)cc1OC. The van der Waals surface area contributed by atoms with Crippen LogP contribution in [0.3, 0.4) is 0 Å². The van der Waals surface area contributed by atoms with E-state index in [9.17, 15) is 4.79 Å². The molecule has 1 amide bonds. The highest BCUT2D eigenvalue weighted by molar-refractivity contribution is 6.04. The van der Waals surface area contributed by atoms with Crippen LogP contribution in [0.15, 0.2) is 79.4 Å². The first-order valence-corrected chi connectivity index (χ1v) is 9.85. The molecule has 0 spiro atoms. The molecule has 0 aliphatic heterocycles. The minimum absolute atomic E-state index is 0.232. The van der Waals surface area contributed by atoms with Crippen LogP contribution in [0.4, 0.5) is 5.69 Å². The fourth-order valence-electron chi connectivity index (χ4n) is 3.39. The van der Waals surface area contributed by atoms with Crippen LogP contribution >= 0.6 is 0 Å². The van der Waals surface area contributed by atoms with Gasteiger partial charge in [0.05, 0.1) is 18.1 Å². The van der Waals surface area contributed by atoms with Crippen molar-refractivity contribution in [3.05, 3.63) is 84.9 Å². The van der Waals surface area contributed by atoms with Crippen molar-refractivity contribution < 1.29 is 14.3 Å². The summed E-state index contributed by atoms with van der Waals surface area (Å²) in [5.74, 6) is 1.69. The predicted molar refractivity (Wildman–Crippen MR) is 123 cm³/mol. The standard InChI is InChI=1S/C25H23N3O3/c1-4-15-31-22-14-11-18(16-23(22)30-3)25(29)26-19-12-9-17(10-13-19)24-27-20-7-5-6-8-21(20)28(24)2/h4-14,16H,1,15H2,2-3H3,(H,26,29). The lowest BCUT2D eigenvalue weighted by atomic mass is 10.1. The van der Waals surface area contributed by atoms with Gasteiger partial charge in [-0.25, -0.2) is 4.98 Å². The Morgan fingerprint density at radius 3 is 2.58 bits per heavy atom. The Labute approximate surface area is 180 Å². The zero-order valence-electron chi connectivity index (χ0n) is 17.5. The number of carbonyl (C=O) groups is 1. The van der Waals surface area contributed by atoms with Crippen LogP contribution in [0.2, 0.25) is 0 Å². The average molecular weight is 413 g/mol. The third kappa shape index (κ3) is 4.14. The van der Waals surface area contributed by atoms with E-state index < -0.39 is 0 Å². The number of ether oxygens (including phenoxy) is 2. The lowest BCUT2D eigenvalue weighted by molar-refractivity contribution is 0.102.